The van der Waals surface area contributed by atoms with Crippen molar-refractivity contribution in [1.29, 1.82) is 0 Å². The summed E-state index contributed by atoms with van der Waals surface area (Å²) in [6.07, 6.45) is 1.64. The molecule has 0 spiro atoms. The summed E-state index contributed by atoms with van der Waals surface area (Å²) in [5, 5.41) is 10.6. The Morgan fingerprint density at radius 1 is 1.17 bits per heavy atom. The molecule has 0 saturated carbocycles. The molecule has 0 fully saturated rings. The number of hydrogen-bond acceptors (Lipinski definition) is 7. The van der Waals surface area contributed by atoms with E-state index < -0.39 is 12.0 Å². The monoisotopic (exact) mass is 476 g/mol. The first kappa shape index (κ1) is 23.7. The van der Waals surface area contributed by atoms with Gasteiger partial charge in [0.05, 0.1) is 17.4 Å². The van der Waals surface area contributed by atoms with E-state index in [-0.39, 0.29) is 12.3 Å². The van der Waals surface area contributed by atoms with Crippen LogP contribution in [-0.2, 0) is 24.4 Å². The van der Waals surface area contributed by atoms with Crippen molar-refractivity contribution in [2.24, 2.45) is 5.73 Å². The summed E-state index contributed by atoms with van der Waals surface area (Å²) in [6.45, 7) is 5.74. The lowest BCUT2D eigenvalue weighted by atomic mass is 10.2. The number of benzene rings is 1. The number of carbonyl (C=O) groups excluding carboxylic acids is 2. The first-order valence-electron chi connectivity index (χ1n) is 11.4. The molecule has 3 aromatic heterocycles. The average Bonchev–Trinajstić information content (AvgIpc) is 3.39. The van der Waals surface area contributed by atoms with Gasteiger partial charge in [-0.05, 0) is 31.9 Å². The molecule has 182 valence electrons. The minimum absolute atomic E-state index is 0.155. The van der Waals surface area contributed by atoms with Crippen molar-refractivity contribution in [3.05, 3.63) is 65.6 Å². The standard InChI is InChI=1S/C24H28N8O3/c1-3-32-21(12-16(2)30-32)29-23-28-19-14-27-18(22(25)33)13-20(19)31(23)11-7-10-26-24(34)35-15-17-8-5-4-6-9-17/h4-6,8-9,12-14H,3,7,10-11,15H2,1-2H3,(H2,25,33)(H,26,34)(H,28,29). The third kappa shape index (κ3) is 5.75. The molecular weight excluding hydrogens is 448 g/mol. The number of amides is 2. The Kier molecular flexibility index (Phi) is 7.24. The van der Waals surface area contributed by atoms with E-state index in [1.54, 1.807) is 6.07 Å². The normalized spacial score (nSPS) is 10.9. The molecule has 4 N–H and O–H groups in total. The molecule has 0 radical (unpaired) electrons. The number of nitrogens with zero attached hydrogens (tertiary/aromatic N) is 5. The van der Waals surface area contributed by atoms with Gasteiger partial charge in [0.2, 0.25) is 5.95 Å². The minimum atomic E-state index is -0.614. The lowest BCUT2D eigenvalue weighted by Gasteiger charge is -2.12. The van der Waals surface area contributed by atoms with E-state index in [1.165, 1.54) is 6.20 Å². The van der Waals surface area contributed by atoms with Crippen LogP contribution in [0.2, 0.25) is 0 Å². The number of imidazole rings is 1. The second-order valence-corrected chi connectivity index (χ2v) is 7.96. The van der Waals surface area contributed by atoms with Crippen molar-refractivity contribution in [1.82, 2.24) is 29.6 Å². The van der Waals surface area contributed by atoms with Crippen molar-refractivity contribution in [3.63, 3.8) is 0 Å². The predicted octanol–water partition coefficient (Wildman–Crippen LogP) is 3.12. The van der Waals surface area contributed by atoms with Crippen molar-refractivity contribution in [3.8, 4) is 0 Å². The molecule has 4 aromatic rings. The van der Waals surface area contributed by atoms with E-state index >= 15 is 0 Å². The highest BCUT2D eigenvalue weighted by molar-refractivity contribution is 5.94. The minimum Gasteiger partial charge on any atom is -0.445 e. The molecule has 1 aromatic carbocycles. The summed E-state index contributed by atoms with van der Waals surface area (Å²) in [6, 6.07) is 13.0. The molecule has 0 saturated heterocycles. The van der Waals surface area contributed by atoms with Crippen LogP contribution in [0.15, 0.2) is 48.7 Å². The van der Waals surface area contributed by atoms with Gasteiger partial charge < -0.3 is 25.7 Å². The van der Waals surface area contributed by atoms with Crippen LogP contribution in [0.3, 0.4) is 0 Å². The third-order valence-corrected chi connectivity index (χ3v) is 5.37. The topological polar surface area (TPSA) is 142 Å². The lowest BCUT2D eigenvalue weighted by Crippen LogP contribution is -2.26. The molecule has 0 aliphatic heterocycles. The van der Waals surface area contributed by atoms with Gasteiger partial charge in [0.25, 0.3) is 5.91 Å². The quantitative estimate of drug-likeness (QED) is 0.299. The van der Waals surface area contributed by atoms with E-state index in [0.29, 0.717) is 43.0 Å². The molecule has 0 atom stereocenters. The van der Waals surface area contributed by atoms with Crippen LogP contribution < -0.4 is 16.4 Å². The number of rotatable bonds is 10. The van der Waals surface area contributed by atoms with Crippen LogP contribution in [-0.4, -0.2) is 42.9 Å². The van der Waals surface area contributed by atoms with E-state index in [2.05, 4.69) is 25.7 Å². The van der Waals surface area contributed by atoms with E-state index in [9.17, 15) is 9.59 Å². The number of pyridine rings is 1. The van der Waals surface area contributed by atoms with Gasteiger partial charge in [0.1, 0.15) is 23.6 Å². The molecule has 0 bridgehead atoms. The molecule has 11 nitrogen and oxygen atoms in total. The molecule has 2 amide bonds. The number of anilines is 2. The van der Waals surface area contributed by atoms with Crippen LogP contribution in [0.1, 0.15) is 35.1 Å². The molecule has 3 heterocycles. The number of nitrogens with two attached hydrogens (primary N) is 1. The number of aromatic nitrogens is 5. The molecule has 4 rings (SSSR count). The first-order valence-corrected chi connectivity index (χ1v) is 11.4. The summed E-state index contributed by atoms with van der Waals surface area (Å²) in [4.78, 5) is 32.5. The van der Waals surface area contributed by atoms with E-state index in [4.69, 9.17) is 10.5 Å². The number of fused-ring (bicyclic) bond motifs is 1. The van der Waals surface area contributed by atoms with Gasteiger partial charge in [0, 0.05) is 25.7 Å². The molecule has 35 heavy (non-hydrogen) atoms. The Labute approximate surface area is 202 Å². The van der Waals surface area contributed by atoms with Crippen molar-refractivity contribution in [2.75, 3.05) is 11.9 Å². The van der Waals surface area contributed by atoms with E-state index in [0.717, 1.165) is 17.1 Å². The number of primary amides is 1. The number of alkyl carbamates (subject to hydrolysis) is 1. The summed E-state index contributed by atoms with van der Waals surface area (Å²) in [5.41, 5.74) is 8.72. The molecule has 0 unspecified atom stereocenters. The molecule has 0 aliphatic carbocycles. The number of carbonyl (C=O) groups is 2. The lowest BCUT2D eigenvalue weighted by molar-refractivity contribution is 0.0995. The van der Waals surface area contributed by atoms with Crippen LogP contribution in [0.25, 0.3) is 11.0 Å². The fraction of sp³-hybridized carbons (Fsp3) is 0.292. The van der Waals surface area contributed by atoms with Gasteiger partial charge in [0.15, 0.2) is 0 Å². The van der Waals surface area contributed by atoms with Crippen LogP contribution in [0.4, 0.5) is 16.6 Å². The SMILES string of the molecule is CCn1nc(C)cc1Nc1nc2cnc(C(N)=O)cc2n1CCCNC(=O)OCc1ccccc1. The fourth-order valence-electron chi connectivity index (χ4n) is 3.69. The zero-order valence-corrected chi connectivity index (χ0v) is 19.7. The zero-order valence-electron chi connectivity index (χ0n) is 19.7. The van der Waals surface area contributed by atoms with Gasteiger partial charge in [-0.2, -0.15) is 5.10 Å². The number of nitrogens with one attached hydrogen (secondary N) is 2. The maximum Gasteiger partial charge on any atom is 0.407 e. The van der Waals surface area contributed by atoms with Crippen LogP contribution in [0.5, 0.6) is 0 Å². The van der Waals surface area contributed by atoms with Crippen LogP contribution in [0, 0.1) is 6.92 Å². The van der Waals surface area contributed by atoms with Crippen molar-refractivity contribution < 1.29 is 14.3 Å². The summed E-state index contributed by atoms with van der Waals surface area (Å²) >= 11 is 0. The Balaban J connectivity index is 1.46. The van der Waals surface area contributed by atoms with E-state index in [1.807, 2.05) is 59.5 Å². The third-order valence-electron chi connectivity index (χ3n) is 5.37. The maximum absolute atomic E-state index is 12.1. The Bertz CT molecular complexity index is 1330. The molecule has 0 aliphatic rings. The molecule has 11 heteroatoms. The fourth-order valence-corrected chi connectivity index (χ4v) is 3.69. The van der Waals surface area contributed by atoms with Gasteiger partial charge in [-0.1, -0.05) is 30.3 Å². The highest BCUT2D eigenvalue weighted by atomic mass is 16.5. The van der Waals surface area contributed by atoms with Gasteiger partial charge >= 0.3 is 6.09 Å². The highest BCUT2D eigenvalue weighted by Gasteiger charge is 2.16. The second-order valence-electron chi connectivity index (χ2n) is 7.96. The summed E-state index contributed by atoms with van der Waals surface area (Å²) in [5.74, 6) is 0.758. The Hall–Kier alpha value is -4.41. The van der Waals surface area contributed by atoms with Gasteiger partial charge in [-0.15, -0.1) is 0 Å². The Morgan fingerprint density at radius 2 is 1.97 bits per heavy atom. The zero-order chi connectivity index (χ0) is 24.8. The largest absolute Gasteiger partial charge is 0.445 e. The summed E-state index contributed by atoms with van der Waals surface area (Å²) < 4.78 is 9.03. The second kappa shape index (κ2) is 10.7. The smallest absolute Gasteiger partial charge is 0.407 e. The Morgan fingerprint density at radius 3 is 2.71 bits per heavy atom. The number of hydrogen-bond donors (Lipinski definition) is 3. The maximum atomic E-state index is 12.1. The number of aryl methyl sites for hydroxylation is 3. The van der Waals surface area contributed by atoms with Crippen molar-refractivity contribution >= 4 is 34.8 Å². The first-order chi connectivity index (χ1) is 16.9. The van der Waals surface area contributed by atoms with Gasteiger partial charge in [-0.3, -0.25) is 4.79 Å². The predicted molar refractivity (Wildman–Crippen MR) is 131 cm³/mol. The van der Waals surface area contributed by atoms with Crippen LogP contribution >= 0.6 is 0 Å². The number of ether oxygens (including phenoxy) is 1. The molecular formula is C24H28N8O3. The average molecular weight is 477 g/mol. The van der Waals surface area contributed by atoms with Gasteiger partial charge in [-0.25, -0.2) is 19.4 Å². The van der Waals surface area contributed by atoms with Crippen molar-refractivity contribution in [2.45, 2.75) is 40.0 Å². The summed E-state index contributed by atoms with van der Waals surface area (Å²) in [7, 11) is 0. The highest BCUT2D eigenvalue weighted by Crippen LogP contribution is 2.24.